The quantitative estimate of drug-likeness (QED) is 0.237. The Labute approximate surface area is 204 Å². The van der Waals surface area contributed by atoms with Gasteiger partial charge in [-0.3, -0.25) is 4.79 Å². The predicted octanol–water partition coefficient (Wildman–Crippen LogP) is 6.05. The van der Waals surface area contributed by atoms with Crippen LogP contribution in [0.4, 0.5) is 0 Å². The van der Waals surface area contributed by atoms with Gasteiger partial charge in [0.15, 0.2) is 18.1 Å². The average Bonchev–Trinajstić information content (AvgIpc) is 3.29. The summed E-state index contributed by atoms with van der Waals surface area (Å²) in [7, 11) is 0. The van der Waals surface area contributed by atoms with Gasteiger partial charge in [-0.25, -0.2) is 9.78 Å². The van der Waals surface area contributed by atoms with Crippen LogP contribution in [0.5, 0.6) is 11.5 Å². The zero-order valence-electron chi connectivity index (χ0n) is 18.6. The standard InChI is InChI=1S/C27H20BrNO5/c1-15-3-6-19(16(2)9-15)24(30)13-32-27(31)21-12-23(29-22-7-5-18(28)11-20(21)22)17-4-8-25-26(10-17)34-14-33-25/h3-12H,13-14H2,1-2H3. The van der Waals surface area contributed by atoms with E-state index >= 15 is 0 Å². The van der Waals surface area contributed by atoms with Crippen LogP contribution in [-0.2, 0) is 4.74 Å². The van der Waals surface area contributed by atoms with Crippen LogP contribution in [0.3, 0.4) is 0 Å². The number of pyridine rings is 1. The molecule has 0 unspecified atom stereocenters. The van der Waals surface area contributed by atoms with Crippen molar-refractivity contribution in [2.45, 2.75) is 13.8 Å². The second kappa shape index (κ2) is 8.91. The predicted molar refractivity (Wildman–Crippen MR) is 132 cm³/mol. The second-order valence-corrected chi connectivity index (χ2v) is 9.02. The number of hydrogen-bond acceptors (Lipinski definition) is 6. The molecular weight excluding hydrogens is 498 g/mol. The van der Waals surface area contributed by atoms with E-state index in [0.29, 0.717) is 39.2 Å². The molecular formula is C27H20BrNO5. The molecule has 34 heavy (non-hydrogen) atoms. The van der Waals surface area contributed by atoms with Gasteiger partial charge in [-0.2, -0.15) is 0 Å². The molecule has 0 saturated heterocycles. The van der Waals surface area contributed by atoms with Gasteiger partial charge in [0.25, 0.3) is 0 Å². The van der Waals surface area contributed by atoms with Gasteiger partial charge in [-0.15, -0.1) is 0 Å². The highest BCUT2D eigenvalue weighted by atomic mass is 79.9. The summed E-state index contributed by atoms with van der Waals surface area (Å²) in [6, 6.07) is 18.2. The summed E-state index contributed by atoms with van der Waals surface area (Å²) in [5.74, 6) is 0.448. The van der Waals surface area contributed by atoms with Crippen molar-refractivity contribution >= 4 is 38.6 Å². The Bertz CT molecular complexity index is 1460. The Hall–Kier alpha value is -3.71. The highest BCUT2D eigenvalue weighted by Gasteiger charge is 2.20. The lowest BCUT2D eigenvalue weighted by Crippen LogP contribution is -2.16. The van der Waals surface area contributed by atoms with Crippen LogP contribution >= 0.6 is 15.9 Å². The summed E-state index contributed by atoms with van der Waals surface area (Å²) >= 11 is 3.46. The number of nitrogens with zero attached hydrogens (tertiary/aromatic N) is 1. The number of Topliss-reactive ketones (excluding diaryl/α,β-unsaturated/α-hetero) is 1. The number of aryl methyl sites for hydroxylation is 2. The third kappa shape index (κ3) is 4.26. The van der Waals surface area contributed by atoms with E-state index in [4.69, 9.17) is 19.2 Å². The molecule has 4 aromatic rings. The van der Waals surface area contributed by atoms with E-state index in [-0.39, 0.29) is 19.2 Å². The van der Waals surface area contributed by atoms with Crippen LogP contribution in [0.2, 0.25) is 0 Å². The fourth-order valence-electron chi connectivity index (χ4n) is 3.98. The fourth-order valence-corrected chi connectivity index (χ4v) is 4.34. The second-order valence-electron chi connectivity index (χ2n) is 8.10. The van der Waals surface area contributed by atoms with Crippen LogP contribution < -0.4 is 9.47 Å². The van der Waals surface area contributed by atoms with E-state index in [9.17, 15) is 9.59 Å². The maximum atomic E-state index is 13.2. The van der Waals surface area contributed by atoms with Crippen LogP contribution in [0, 0.1) is 13.8 Å². The molecule has 0 radical (unpaired) electrons. The first-order valence-corrected chi connectivity index (χ1v) is 11.5. The van der Waals surface area contributed by atoms with Crippen molar-refractivity contribution in [2.24, 2.45) is 0 Å². The van der Waals surface area contributed by atoms with Gasteiger partial charge in [0, 0.05) is 21.0 Å². The minimum Gasteiger partial charge on any atom is -0.454 e. The van der Waals surface area contributed by atoms with Crippen LogP contribution in [0.1, 0.15) is 31.8 Å². The van der Waals surface area contributed by atoms with Gasteiger partial charge >= 0.3 is 5.97 Å². The van der Waals surface area contributed by atoms with Crippen LogP contribution in [0.15, 0.2) is 65.1 Å². The topological polar surface area (TPSA) is 74.7 Å². The largest absolute Gasteiger partial charge is 0.454 e. The van der Waals surface area contributed by atoms with Crippen LogP contribution in [-0.4, -0.2) is 30.1 Å². The molecule has 2 heterocycles. The number of ether oxygens (including phenoxy) is 3. The number of esters is 1. The molecule has 0 atom stereocenters. The van der Waals surface area contributed by atoms with E-state index in [1.54, 1.807) is 12.1 Å². The average molecular weight is 518 g/mol. The molecule has 0 N–H and O–H groups in total. The van der Waals surface area contributed by atoms with E-state index in [1.807, 2.05) is 62.4 Å². The molecule has 0 spiro atoms. The number of hydrogen-bond donors (Lipinski definition) is 0. The van der Waals surface area contributed by atoms with Crippen LogP contribution in [0.25, 0.3) is 22.2 Å². The summed E-state index contributed by atoms with van der Waals surface area (Å²) in [4.78, 5) is 30.6. The Balaban J connectivity index is 1.48. The first-order chi connectivity index (χ1) is 16.4. The van der Waals surface area contributed by atoms with Gasteiger partial charge in [0.05, 0.1) is 16.8 Å². The molecule has 0 saturated carbocycles. The first kappa shape index (κ1) is 22.1. The summed E-state index contributed by atoms with van der Waals surface area (Å²) in [6.07, 6.45) is 0. The Morgan fingerprint density at radius 2 is 1.76 bits per heavy atom. The number of rotatable bonds is 5. The Kier molecular flexibility index (Phi) is 5.79. The molecule has 5 rings (SSSR count). The van der Waals surface area contributed by atoms with E-state index in [1.165, 1.54) is 0 Å². The SMILES string of the molecule is Cc1ccc(C(=O)COC(=O)c2cc(-c3ccc4c(c3)OCO4)nc3ccc(Br)cc23)c(C)c1. The maximum absolute atomic E-state index is 13.2. The fraction of sp³-hybridized carbons (Fsp3) is 0.148. The molecule has 170 valence electrons. The molecule has 1 aromatic heterocycles. The van der Waals surface area contributed by atoms with Gasteiger partial charge < -0.3 is 14.2 Å². The van der Waals surface area contributed by atoms with Gasteiger partial charge in [-0.05, 0) is 61.9 Å². The van der Waals surface area contributed by atoms with Crippen molar-refractivity contribution in [1.82, 2.24) is 4.98 Å². The number of benzene rings is 3. The molecule has 3 aromatic carbocycles. The monoisotopic (exact) mass is 517 g/mol. The minimum absolute atomic E-state index is 0.171. The molecule has 0 bridgehead atoms. The Morgan fingerprint density at radius 1 is 0.941 bits per heavy atom. The molecule has 6 nitrogen and oxygen atoms in total. The highest BCUT2D eigenvalue weighted by Crippen LogP contribution is 2.36. The number of carbonyl (C=O) groups is 2. The van der Waals surface area contributed by atoms with E-state index in [0.717, 1.165) is 21.2 Å². The van der Waals surface area contributed by atoms with E-state index in [2.05, 4.69) is 15.9 Å². The highest BCUT2D eigenvalue weighted by molar-refractivity contribution is 9.10. The van der Waals surface area contributed by atoms with Crippen molar-refractivity contribution in [1.29, 1.82) is 0 Å². The lowest BCUT2D eigenvalue weighted by Gasteiger charge is -2.11. The van der Waals surface area contributed by atoms with Crippen molar-refractivity contribution in [2.75, 3.05) is 13.4 Å². The lowest BCUT2D eigenvalue weighted by atomic mass is 10.0. The summed E-state index contributed by atoms with van der Waals surface area (Å²) in [5.41, 5.74) is 4.77. The number of fused-ring (bicyclic) bond motifs is 2. The van der Waals surface area contributed by atoms with Gasteiger partial charge in [0.2, 0.25) is 12.6 Å². The Morgan fingerprint density at radius 3 is 2.59 bits per heavy atom. The molecule has 1 aliphatic heterocycles. The van der Waals surface area contributed by atoms with Gasteiger partial charge in [0.1, 0.15) is 0 Å². The molecule has 7 heteroatoms. The number of aromatic nitrogens is 1. The number of ketones is 1. The molecule has 0 amide bonds. The summed E-state index contributed by atoms with van der Waals surface area (Å²) < 4.78 is 17.1. The van der Waals surface area contributed by atoms with E-state index < -0.39 is 5.97 Å². The summed E-state index contributed by atoms with van der Waals surface area (Å²) in [5, 5.41) is 0.628. The normalized spacial score (nSPS) is 12.1. The lowest BCUT2D eigenvalue weighted by molar-refractivity contribution is 0.0476. The van der Waals surface area contributed by atoms with Gasteiger partial charge in [-0.1, -0.05) is 39.7 Å². The molecule has 1 aliphatic rings. The molecule has 0 fully saturated rings. The van der Waals surface area contributed by atoms with Crippen molar-refractivity contribution in [3.8, 4) is 22.8 Å². The minimum atomic E-state index is -0.592. The zero-order chi connectivity index (χ0) is 23.8. The van der Waals surface area contributed by atoms with Crippen molar-refractivity contribution < 1.29 is 23.8 Å². The first-order valence-electron chi connectivity index (χ1n) is 10.7. The summed E-state index contributed by atoms with van der Waals surface area (Å²) in [6.45, 7) is 3.66. The third-order valence-corrected chi connectivity index (χ3v) is 6.17. The number of carbonyl (C=O) groups excluding carboxylic acids is 2. The zero-order valence-corrected chi connectivity index (χ0v) is 20.1. The maximum Gasteiger partial charge on any atom is 0.339 e. The smallest absolute Gasteiger partial charge is 0.339 e. The van der Waals surface area contributed by atoms with Crippen molar-refractivity contribution in [3.05, 3.63) is 87.4 Å². The third-order valence-electron chi connectivity index (χ3n) is 5.68. The number of halogens is 1. The molecule has 0 aliphatic carbocycles. The van der Waals surface area contributed by atoms with Crippen molar-refractivity contribution in [3.63, 3.8) is 0 Å².